The van der Waals surface area contributed by atoms with Crippen LogP contribution in [0.15, 0.2) is 30.7 Å². The molecule has 0 N–H and O–H groups in total. The molecule has 2 saturated heterocycles. The summed E-state index contributed by atoms with van der Waals surface area (Å²) in [6, 6.07) is 3.84. The minimum absolute atomic E-state index is 0.0499. The maximum Gasteiger partial charge on any atom is 0.257 e. The van der Waals surface area contributed by atoms with Gasteiger partial charge in [-0.15, -0.1) is 0 Å². The summed E-state index contributed by atoms with van der Waals surface area (Å²) >= 11 is 0. The van der Waals surface area contributed by atoms with E-state index in [4.69, 9.17) is 4.98 Å². The molecule has 0 aliphatic carbocycles. The fourth-order valence-electron chi connectivity index (χ4n) is 3.95. The maximum atomic E-state index is 13.3. The molecule has 4 rings (SSSR count). The molecule has 2 aromatic rings. The summed E-state index contributed by atoms with van der Waals surface area (Å²) in [5, 5.41) is 0. The van der Waals surface area contributed by atoms with Crippen LogP contribution in [-0.2, 0) is 0 Å². The lowest BCUT2D eigenvalue weighted by atomic mass is 10.1. The number of carbonyl (C=O) groups is 1. The van der Waals surface area contributed by atoms with Gasteiger partial charge in [-0.05, 0) is 44.2 Å². The van der Waals surface area contributed by atoms with Crippen LogP contribution in [-0.4, -0.2) is 51.9 Å². The van der Waals surface area contributed by atoms with E-state index in [0.717, 1.165) is 56.2 Å². The second kappa shape index (κ2) is 8.46. The number of hydrogen-bond donors (Lipinski definition) is 0. The van der Waals surface area contributed by atoms with Gasteiger partial charge in [-0.25, -0.2) is 9.97 Å². The highest BCUT2D eigenvalue weighted by atomic mass is 16.2. The molecule has 0 aromatic carbocycles. The highest BCUT2D eigenvalue weighted by Crippen LogP contribution is 2.26. The van der Waals surface area contributed by atoms with Crippen molar-refractivity contribution in [1.29, 1.82) is 0 Å². The summed E-state index contributed by atoms with van der Waals surface area (Å²) in [4.78, 5) is 31.0. The second-order valence-electron chi connectivity index (χ2n) is 7.42. The third kappa shape index (κ3) is 4.10. The molecule has 142 valence electrons. The molecule has 0 radical (unpaired) electrons. The second-order valence-corrected chi connectivity index (χ2v) is 7.42. The number of hydrogen-bond acceptors (Lipinski definition) is 5. The van der Waals surface area contributed by atoms with Gasteiger partial charge in [0.05, 0.1) is 11.3 Å². The van der Waals surface area contributed by atoms with Crippen LogP contribution in [0.25, 0.3) is 11.3 Å². The van der Waals surface area contributed by atoms with Gasteiger partial charge in [0.15, 0.2) is 0 Å². The number of carbonyl (C=O) groups excluding carboxylic acids is 1. The molecule has 2 fully saturated rings. The van der Waals surface area contributed by atoms with Gasteiger partial charge in [-0.3, -0.25) is 9.78 Å². The maximum absolute atomic E-state index is 13.3. The van der Waals surface area contributed by atoms with Gasteiger partial charge < -0.3 is 9.80 Å². The van der Waals surface area contributed by atoms with Crippen LogP contribution in [0.4, 0.5) is 5.95 Å². The number of amides is 1. The fourth-order valence-corrected chi connectivity index (χ4v) is 3.95. The lowest BCUT2D eigenvalue weighted by Gasteiger charge is -2.27. The Hall–Kier alpha value is -2.50. The van der Waals surface area contributed by atoms with Gasteiger partial charge >= 0.3 is 0 Å². The molecule has 0 saturated carbocycles. The van der Waals surface area contributed by atoms with E-state index < -0.39 is 0 Å². The van der Waals surface area contributed by atoms with Crippen molar-refractivity contribution in [2.75, 3.05) is 31.1 Å². The van der Waals surface area contributed by atoms with E-state index in [1.54, 1.807) is 18.6 Å². The first-order valence-electron chi connectivity index (χ1n) is 10.1. The van der Waals surface area contributed by atoms with Crippen LogP contribution in [0, 0.1) is 0 Å². The number of likely N-dealkylation sites (tertiary alicyclic amines) is 1. The van der Waals surface area contributed by atoms with Crippen LogP contribution in [0.2, 0.25) is 0 Å². The van der Waals surface area contributed by atoms with Crippen LogP contribution in [0.5, 0.6) is 0 Å². The van der Waals surface area contributed by atoms with Crippen molar-refractivity contribution in [2.24, 2.45) is 0 Å². The van der Waals surface area contributed by atoms with Crippen molar-refractivity contribution in [2.45, 2.75) is 44.9 Å². The van der Waals surface area contributed by atoms with Crippen molar-refractivity contribution >= 4 is 11.9 Å². The zero-order chi connectivity index (χ0) is 18.5. The molecule has 4 heterocycles. The van der Waals surface area contributed by atoms with Gasteiger partial charge in [0.1, 0.15) is 0 Å². The third-order valence-corrected chi connectivity index (χ3v) is 5.49. The zero-order valence-corrected chi connectivity index (χ0v) is 15.8. The van der Waals surface area contributed by atoms with Crippen LogP contribution >= 0.6 is 0 Å². The molecule has 0 spiro atoms. The summed E-state index contributed by atoms with van der Waals surface area (Å²) in [5.74, 6) is 0.780. The molecule has 0 atom stereocenters. The molecule has 2 aliphatic heterocycles. The predicted molar refractivity (Wildman–Crippen MR) is 106 cm³/mol. The lowest BCUT2D eigenvalue weighted by molar-refractivity contribution is 0.0761. The molecule has 6 heteroatoms. The summed E-state index contributed by atoms with van der Waals surface area (Å²) in [6.07, 6.45) is 13.4. The standard InChI is InChI=1S/C21H27N5O/c27-20(25-12-4-1-2-5-13-25)18-16-23-21(26-14-6-3-7-15-26)24-19(18)17-8-10-22-11-9-17/h8-11,16H,1-7,12-15H2. The number of piperidine rings is 1. The Morgan fingerprint density at radius 2 is 1.48 bits per heavy atom. The first-order valence-corrected chi connectivity index (χ1v) is 10.1. The average molecular weight is 365 g/mol. The van der Waals surface area contributed by atoms with E-state index in [1.165, 1.54) is 32.1 Å². The molecule has 0 bridgehead atoms. The SMILES string of the molecule is O=C(c1cnc(N2CCCCC2)nc1-c1ccncc1)N1CCCCCC1. The van der Waals surface area contributed by atoms with Gasteiger partial charge in [0.25, 0.3) is 5.91 Å². The number of pyridine rings is 1. The Labute approximate surface area is 160 Å². The molecule has 6 nitrogen and oxygen atoms in total. The first-order chi connectivity index (χ1) is 13.3. The Balaban J connectivity index is 1.70. The number of anilines is 1. The largest absolute Gasteiger partial charge is 0.341 e. The van der Waals surface area contributed by atoms with Crippen molar-refractivity contribution in [1.82, 2.24) is 19.9 Å². The molecular weight excluding hydrogens is 338 g/mol. The summed E-state index contributed by atoms with van der Waals surface area (Å²) in [5.41, 5.74) is 2.25. The monoisotopic (exact) mass is 365 g/mol. The quantitative estimate of drug-likeness (QED) is 0.832. The molecule has 0 unspecified atom stereocenters. The van der Waals surface area contributed by atoms with E-state index in [1.807, 2.05) is 17.0 Å². The van der Waals surface area contributed by atoms with Crippen molar-refractivity contribution in [3.05, 3.63) is 36.3 Å². The Morgan fingerprint density at radius 1 is 0.852 bits per heavy atom. The van der Waals surface area contributed by atoms with Gasteiger partial charge in [-0.2, -0.15) is 0 Å². The molecule has 2 aromatic heterocycles. The summed E-state index contributed by atoms with van der Waals surface area (Å²) in [6.45, 7) is 3.61. The highest BCUT2D eigenvalue weighted by molar-refractivity contribution is 5.99. The van der Waals surface area contributed by atoms with Gasteiger partial charge in [0.2, 0.25) is 5.95 Å². The third-order valence-electron chi connectivity index (χ3n) is 5.49. The van der Waals surface area contributed by atoms with Crippen LogP contribution in [0.1, 0.15) is 55.3 Å². The smallest absolute Gasteiger partial charge is 0.257 e. The van der Waals surface area contributed by atoms with Crippen LogP contribution in [0.3, 0.4) is 0 Å². The minimum Gasteiger partial charge on any atom is -0.341 e. The number of nitrogens with zero attached hydrogens (tertiary/aromatic N) is 5. The van der Waals surface area contributed by atoms with Crippen LogP contribution < -0.4 is 4.90 Å². The van der Waals surface area contributed by atoms with E-state index >= 15 is 0 Å². The topological polar surface area (TPSA) is 62.2 Å². The first kappa shape index (κ1) is 17.9. The van der Waals surface area contributed by atoms with E-state index in [2.05, 4.69) is 14.9 Å². The molecule has 1 amide bonds. The van der Waals surface area contributed by atoms with E-state index in [9.17, 15) is 4.79 Å². The Bertz CT molecular complexity index is 765. The van der Waals surface area contributed by atoms with E-state index in [0.29, 0.717) is 5.56 Å². The van der Waals surface area contributed by atoms with Crippen molar-refractivity contribution in [3.63, 3.8) is 0 Å². The Morgan fingerprint density at radius 3 is 2.19 bits per heavy atom. The predicted octanol–water partition coefficient (Wildman–Crippen LogP) is 3.55. The normalized spacial score (nSPS) is 18.2. The van der Waals surface area contributed by atoms with Crippen molar-refractivity contribution < 1.29 is 4.79 Å². The summed E-state index contributed by atoms with van der Waals surface area (Å²) < 4.78 is 0. The van der Waals surface area contributed by atoms with Gasteiger partial charge in [-0.1, -0.05) is 12.8 Å². The van der Waals surface area contributed by atoms with Crippen molar-refractivity contribution in [3.8, 4) is 11.3 Å². The zero-order valence-electron chi connectivity index (χ0n) is 15.8. The van der Waals surface area contributed by atoms with E-state index in [-0.39, 0.29) is 5.91 Å². The minimum atomic E-state index is 0.0499. The molecule has 2 aliphatic rings. The molecular formula is C21H27N5O. The average Bonchev–Trinajstić information content (AvgIpc) is 3.04. The number of aromatic nitrogens is 3. The Kier molecular flexibility index (Phi) is 5.61. The fraction of sp³-hybridized carbons (Fsp3) is 0.524. The molecule has 27 heavy (non-hydrogen) atoms. The summed E-state index contributed by atoms with van der Waals surface area (Å²) in [7, 11) is 0. The lowest BCUT2D eigenvalue weighted by Crippen LogP contribution is -2.34. The number of rotatable bonds is 3. The highest BCUT2D eigenvalue weighted by Gasteiger charge is 2.24. The van der Waals surface area contributed by atoms with Gasteiger partial charge in [0, 0.05) is 50.3 Å².